The van der Waals surface area contributed by atoms with Crippen LogP contribution in [-0.4, -0.2) is 28.8 Å². The second-order valence-corrected chi connectivity index (χ2v) is 5.83. The number of anilines is 1. The average molecular weight is 329 g/mol. The maximum Gasteiger partial charge on any atom is 0.350 e. The molecule has 0 bridgehead atoms. The highest BCUT2D eigenvalue weighted by Gasteiger charge is 2.22. The van der Waals surface area contributed by atoms with Crippen LogP contribution < -0.4 is 5.32 Å². The molecule has 118 valence electrons. The van der Waals surface area contributed by atoms with Gasteiger partial charge >= 0.3 is 5.97 Å². The molecule has 0 fully saturated rings. The smallest absolute Gasteiger partial charge is 0.350 e. The van der Waals surface area contributed by atoms with Crippen LogP contribution in [0.2, 0.25) is 0 Å². The number of methoxy groups -OCH3 is 1. The lowest BCUT2D eigenvalue weighted by atomic mass is 10.2. The van der Waals surface area contributed by atoms with Gasteiger partial charge in [0.25, 0.3) is 5.91 Å². The zero-order valence-electron chi connectivity index (χ0n) is 12.7. The summed E-state index contributed by atoms with van der Waals surface area (Å²) in [6.45, 7) is 2.49. The predicted molar refractivity (Wildman–Crippen MR) is 89.0 cm³/mol. The first kappa shape index (κ1) is 15.2. The Balaban J connectivity index is 2.05. The number of carbonyl (C=O) groups is 2. The summed E-state index contributed by atoms with van der Waals surface area (Å²) in [6.07, 6.45) is 1.57. The number of nitrogens with zero attached hydrogens (tertiary/aromatic N) is 2. The van der Waals surface area contributed by atoms with Crippen molar-refractivity contribution in [1.82, 2.24) is 9.78 Å². The first-order valence-corrected chi connectivity index (χ1v) is 7.90. The minimum Gasteiger partial charge on any atom is -0.465 e. The van der Waals surface area contributed by atoms with E-state index in [4.69, 9.17) is 4.74 Å². The Hall–Kier alpha value is -2.67. The van der Waals surface area contributed by atoms with Gasteiger partial charge < -0.3 is 10.1 Å². The van der Waals surface area contributed by atoms with Crippen LogP contribution in [0.25, 0.3) is 10.1 Å². The molecule has 7 heteroatoms. The Morgan fingerprint density at radius 2 is 2.09 bits per heavy atom. The van der Waals surface area contributed by atoms with Crippen LogP contribution in [0.5, 0.6) is 0 Å². The molecule has 0 saturated carbocycles. The van der Waals surface area contributed by atoms with Crippen molar-refractivity contribution >= 4 is 39.0 Å². The normalized spacial score (nSPS) is 10.7. The number of carbonyl (C=O) groups excluding carboxylic acids is 2. The van der Waals surface area contributed by atoms with E-state index in [0.717, 1.165) is 10.1 Å². The summed E-state index contributed by atoms with van der Waals surface area (Å²) in [5, 5.41) is 7.74. The molecule has 6 nitrogen and oxygen atoms in total. The number of rotatable bonds is 4. The number of amides is 1. The van der Waals surface area contributed by atoms with E-state index in [2.05, 4.69) is 10.4 Å². The van der Waals surface area contributed by atoms with Crippen LogP contribution in [0.3, 0.4) is 0 Å². The largest absolute Gasteiger partial charge is 0.465 e. The van der Waals surface area contributed by atoms with Gasteiger partial charge in [-0.05, 0) is 19.1 Å². The maximum atomic E-state index is 12.5. The van der Waals surface area contributed by atoms with Gasteiger partial charge in [-0.25, -0.2) is 4.79 Å². The highest BCUT2D eigenvalue weighted by atomic mass is 32.1. The summed E-state index contributed by atoms with van der Waals surface area (Å²) in [5.74, 6) is -0.774. The maximum absolute atomic E-state index is 12.5. The topological polar surface area (TPSA) is 73.2 Å². The van der Waals surface area contributed by atoms with Crippen LogP contribution in [0.4, 0.5) is 5.69 Å². The number of esters is 1. The van der Waals surface area contributed by atoms with Crippen LogP contribution in [0.15, 0.2) is 36.5 Å². The van der Waals surface area contributed by atoms with Crippen molar-refractivity contribution in [2.24, 2.45) is 0 Å². The first-order valence-electron chi connectivity index (χ1n) is 7.08. The molecule has 0 spiro atoms. The van der Waals surface area contributed by atoms with E-state index < -0.39 is 5.97 Å². The zero-order chi connectivity index (χ0) is 16.4. The van der Waals surface area contributed by atoms with Crippen molar-refractivity contribution in [2.75, 3.05) is 12.4 Å². The molecule has 1 aromatic carbocycles. The van der Waals surface area contributed by atoms with E-state index in [-0.39, 0.29) is 5.91 Å². The molecular weight excluding hydrogens is 314 g/mol. The fraction of sp³-hybridized carbons (Fsp3) is 0.188. The van der Waals surface area contributed by atoms with Gasteiger partial charge in [-0.3, -0.25) is 9.48 Å². The molecule has 3 aromatic rings. The summed E-state index contributed by atoms with van der Waals surface area (Å²) in [4.78, 5) is 24.9. The Labute approximate surface area is 136 Å². The highest BCUT2D eigenvalue weighted by molar-refractivity contribution is 7.21. The molecule has 0 saturated heterocycles. The molecule has 1 amide bonds. The van der Waals surface area contributed by atoms with Gasteiger partial charge in [-0.1, -0.05) is 18.2 Å². The third-order valence-electron chi connectivity index (χ3n) is 3.45. The van der Waals surface area contributed by atoms with Crippen molar-refractivity contribution in [2.45, 2.75) is 13.5 Å². The molecule has 2 aromatic heterocycles. The summed E-state index contributed by atoms with van der Waals surface area (Å²) in [5.41, 5.74) is 0.921. The summed E-state index contributed by atoms with van der Waals surface area (Å²) >= 11 is 1.29. The van der Waals surface area contributed by atoms with E-state index in [1.807, 2.05) is 31.2 Å². The minimum absolute atomic E-state index is 0.307. The van der Waals surface area contributed by atoms with Crippen molar-refractivity contribution in [1.29, 1.82) is 0 Å². The SMILES string of the molecule is CCn1nccc1C(=O)Nc1c(C(=O)OC)sc2ccccc12. The summed E-state index contributed by atoms with van der Waals surface area (Å²) < 4.78 is 7.33. The van der Waals surface area contributed by atoms with Crippen LogP contribution in [0.1, 0.15) is 27.1 Å². The fourth-order valence-corrected chi connectivity index (χ4v) is 3.44. The molecule has 0 aliphatic heterocycles. The first-order chi connectivity index (χ1) is 11.2. The number of ether oxygens (including phenoxy) is 1. The van der Waals surface area contributed by atoms with Crippen molar-refractivity contribution < 1.29 is 14.3 Å². The van der Waals surface area contributed by atoms with Gasteiger partial charge in [-0.15, -0.1) is 11.3 Å². The molecule has 0 aliphatic carbocycles. The Kier molecular flexibility index (Phi) is 4.12. The van der Waals surface area contributed by atoms with E-state index in [1.165, 1.54) is 18.4 Å². The number of hydrogen-bond acceptors (Lipinski definition) is 5. The highest BCUT2D eigenvalue weighted by Crippen LogP contribution is 2.36. The molecule has 23 heavy (non-hydrogen) atoms. The van der Waals surface area contributed by atoms with Gasteiger partial charge in [0, 0.05) is 22.8 Å². The fourth-order valence-electron chi connectivity index (χ4n) is 2.36. The van der Waals surface area contributed by atoms with Crippen LogP contribution >= 0.6 is 11.3 Å². The van der Waals surface area contributed by atoms with Gasteiger partial charge in [0.2, 0.25) is 0 Å². The quantitative estimate of drug-likeness (QED) is 0.746. The second kappa shape index (κ2) is 6.21. The number of thiophene rings is 1. The lowest BCUT2D eigenvalue weighted by Gasteiger charge is -2.08. The summed E-state index contributed by atoms with van der Waals surface area (Å²) in [6, 6.07) is 9.16. The summed E-state index contributed by atoms with van der Waals surface area (Å²) in [7, 11) is 1.32. The van der Waals surface area contributed by atoms with Crippen molar-refractivity contribution in [3.05, 3.63) is 47.1 Å². The molecule has 0 aliphatic rings. The Bertz CT molecular complexity index is 882. The van der Waals surface area contributed by atoms with E-state index in [9.17, 15) is 9.59 Å². The molecular formula is C16H15N3O3S. The molecule has 2 heterocycles. The lowest BCUT2D eigenvalue weighted by Crippen LogP contribution is -2.18. The molecule has 1 N–H and O–H groups in total. The van der Waals surface area contributed by atoms with Gasteiger partial charge in [0.05, 0.1) is 12.8 Å². The van der Waals surface area contributed by atoms with E-state index >= 15 is 0 Å². The zero-order valence-corrected chi connectivity index (χ0v) is 13.5. The predicted octanol–water partition coefficient (Wildman–Crippen LogP) is 3.16. The van der Waals surface area contributed by atoms with E-state index in [0.29, 0.717) is 22.8 Å². The standard InChI is InChI=1S/C16H15N3O3S/c1-3-19-11(8-9-17-19)15(20)18-13-10-6-4-5-7-12(10)23-14(13)16(21)22-2/h4-9H,3H2,1-2H3,(H,18,20). The number of fused-ring (bicyclic) bond motifs is 1. The minimum atomic E-state index is -0.467. The van der Waals surface area contributed by atoms with Crippen molar-refractivity contribution in [3.8, 4) is 0 Å². The number of aromatic nitrogens is 2. The third kappa shape index (κ3) is 2.70. The molecule has 0 unspecified atom stereocenters. The number of hydrogen-bond donors (Lipinski definition) is 1. The Morgan fingerprint density at radius 3 is 2.83 bits per heavy atom. The number of benzene rings is 1. The van der Waals surface area contributed by atoms with Crippen LogP contribution in [-0.2, 0) is 11.3 Å². The van der Waals surface area contributed by atoms with Crippen molar-refractivity contribution in [3.63, 3.8) is 0 Å². The number of aryl methyl sites for hydroxylation is 1. The third-order valence-corrected chi connectivity index (χ3v) is 4.60. The van der Waals surface area contributed by atoms with Gasteiger partial charge in [0.1, 0.15) is 10.6 Å². The molecule has 0 radical (unpaired) electrons. The number of nitrogens with one attached hydrogen (secondary N) is 1. The van der Waals surface area contributed by atoms with Gasteiger partial charge in [0.15, 0.2) is 0 Å². The molecule has 0 atom stereocenters. The van der Waals surface area contributed by atoms with E-state index in [1.54, 1.807) is 16.9 Å². The van der Waals surface area contributed by atoms with Crippen LogP contribution in [0, 0.1) is 0 Å². The average Bonchev–Trinajstić information content (AvgIpc) is 3.19. The monoisotopic (exact) mass is 329 g/mol. The van der Waals surface area contributed by atoms with Gasteiger partial charge in [-0.2, -0.15) is 5.10 Å². The second-order valence-electron chi connectivity index (χ2n) is 4.78. The Morgan fingerprint density at radius 1 is 1.30 bits per heavy atom. The molecule has 3 rings (SSSR count). The lowest BCUT2D eigenvalue weighted by molar-refractivity contribution is 0.0607.